The Morgan fingerprint density at radius 3 is 2.64 bits per heavy atom. The van der Waals surface area contributed by atoms with Gasteiger partial charge in [-0.15, -0.1) is 5.11 Å². The smallest absolute Gasteiger partial charge is 0.271 e. The van der Waals surface area contributed by atoms with Crippen molar-refractivity contribution in [2.24, 2.45) is 10.2 Å². The number of halogens is 1. The molecule has 9 heteroatoms. The molecule has 0 spiro atoms. The maximum atomic E-state index is 10.7. The van der Waals surface area contributed by atoms with E-state index in [0.717, 1.165) is 25.4 Å². The van der Waals surface area contributed by atoms with Crippen molar-refractivity contribution in [3.8, 4) is 0 Å². The first kappa shape index (κ1) is 20.2. The summed E-state index contributed by atoms with van der Waals surface area (Å²) in [6.07, 6.45) is 0.281. The molecule has 2 aromatic carbocycles. The van der Waals surface area contributed by atoms with E-state index in [-0.39, 0.29) is 16.8 Å². The minimum atomic E-state index is -0.504. The molecule has 1 fully saturated rings. The average Bonchev–Trinajstić information content (AvgIpc) is 3.52. The largest absolute Gasteiger partial charge is 0.377 e. The number of anilines is 1. The van der Waals surface area contributed by atoms with Crippen LogP contribution in [0.15, 0.2) is 52.7 Å². The number of epoxide rings is 1. The van der Waals surface area contributed by atoms with Gasteiger partial charge in [-0.2, -0.15) is 5.11 Å². The minimum absolute atomic E-state index is 0.0819. The van der Waals surface area contributed by atoms with Crippen LogP contribution >= 0.6 is 11.6 Å². The summed E-state index contributed by atoms with van der Waals surface area (Å²) >= 11 is 6.02. The highest BCUT2D eigenvalue weighted by atomic mass is 35.5. The molecule has 1 heterocycles. The zero-order valence-corrected chi connectivity index (χ0v) is 16.2. The van der Waals surface area contributed by atoms with E-state index in [2.05, 4.69) is 22.1 Å². The molecule has 0 radical (unpaired) electrons. The Hall–Kier alpha value is -2.55. The third-order valence-corrected chi connectivity index (χ3v) is 4.53. The van der Waals surface area contributed by atoms with Gasteiger partial charge in [-0.3, -0.25) is 10.1 Å². The lowest BCUT2D eigenvalue weighted by Crippen LogP contribution is -2.27. The van der Waals surface area contributed by atoms with Crippen molar-refractivity contribution in [3.63, 3.8) is 0 Å². The van der Waals surface area contributed by atoms with Gasteiger partial charge in [-0.05, 0) is 37.3 Å². The van der Waals surface area contributed by atoms with E-state index in [1.807, 2.05) is 24.3 Å². The van der Waals surface area contributed by atoms with Gasteiger partial charge in [-0.25, -0.2) is 0 Å². The quantitative estimate of drug-likeness (QED) is 0.184. The standard InChI is InChI=1S/C19H21ClN4O4/c1-2-23(9-10-27-12-17-13-28-17)15-5-3-14(4-6-15)21-22-19-8-7-16(24(25)26)11-18(19)20/h3-8,11,17H,2,9-10,12-13H2,1H3. The second-order valence-corrected chi connectivity index (χ2v) is 6.63. The van der Waals surface area contributed by atoms with E-state index in [4.69, 9.17) is 21.1 Å². The lowest BCUT2D eigenvalue weighted by molar-refractivity contribution is -0.384. The van der Waals surface area contributed by atoms with Gasteiger partial charge in [0.1, 0.15) is 11.8 Å². The van der Waals surface area contributed by atoms with Crippen LogP contribution in [0.1, 0.15) is 6.92 Å². The lowest BCUT2D eigenvalue weighted by Gasteiger charge is -2.23. The number of hydrogen-bond acceptors (Lipinski definition) is 7. The summed E-state index contributed by atoms with van der Waals surface area (Å²) in [7, 11) is 0. The molecule has 148 valence electrons. The molecule has 2 aromatic rings. The van der Waals surface area contributed by atoms with Crippen LogP contribution in [0.3, 0.4) is 0 Å². The summed E-state index contributed by atoms with van der Waals surface area (Å²) in [5.74, 6) is 0. The van der Waals surface area contributed by atoms with Gasteiger partial charge >= 0.3 is 0 Å². The average molecular weight is 405 g/mol. The van der Waals surface area contributed by atoms with E-state index in [0.29, 0.717) is 24.6 Å². The van der Waals surface area contributed by atoms with Gasteiger partial charge in [0.05, 0.1) is 35.5 Å². The number of nitro benzene ring substituents is 1. The maximum Gasteiger partial charge on any atom is 0.271 e. The highest BCUT2D eigenvalue weighted by Gasteiger charge is 2.22. The van der Waals surface area contributed by atoms with Crippen LogP contribution in [0.25, 0.3) is 0 Å². The summed E-state index contributed by atoms with van der Waals surface area (Å²) in [6.45, 7) is 5.85. The normalized spacial score (nSPS) is 15.7. The van der Waals surface area contributed by atoms with E-state index < -0.39 is 4.92 Å². The Balaban J connectivity index is 1.58. The summed E-state index contributed by atoms with van der Waals surface area (Å²) < 4.78 is 10.7. The van der Waals surface area contributed by atoms with Gasteiger partial charge in [0.2, 0.25) is 0 Å². The number of nitrogens with zero attached hydrogens (tertiary/aromatic N) is 4. The van der Waals surface area contributed by atoms with Crippen LogP contribution in [0.4, 0.5) is 22.7 Å². The molecule has 1 aliphatic heterocycles. The third kappa shape index (κ3) is 5.72. The van der Waals surface area contributed by atoms with Crippen molar-refractivity contribution in [1.29, 1.82) is 0 Å². The molecule has 0 N–H and O–H groups in total. The molecule has 0 aliphatic carbocycles. The van der Waals surface area contributed by atoms with Crippen LogP contribution in [-0.4, -0.2) is 43.9 Å². The molecular weight excluding hydrogens is 384 g/mol. The first-order chi connectivity index (χ1) is 13.6. The Bertz CT molecular complexity index is 840. The van der Waals surface area contributed by atoms with Gasteiger partial charge in [-0.1, -0.05) is 11.6 Å². The molecule has 0 aromatic heterocycles. The van der Waals surface area contributed by atoms with Crippen LogP contribution in [0.5, 0.6) is 0 Å². The van der Waals surface area contributed by atoms with E-state index in [9.17, 15) is 10.1 Å². The highest BCUT2D eigenvalue weighted by molar-refractivity contribution is 6.33. The van der Waals surface area contributed by atoms with Gasteiger partial charge in [0.15, 0.2) is 0 Å². The monoisotopic (exact) mass is 404 g/mol. The number of likely N-dealkylation sites (N-methyl/N-ethyl adjacent to an activating group) is 1. The Kier molecular flexibility index (Phi) is 6.91. The third-order valence-electron chi connectivity index (χ3n) is 4.22. The molecule has 1 unspecified atom stereocenters. The molecular formula is C19H21ClN4O4. The molecule has 8 nitrogen and oxygen atoms in total. The van der Waals surface area contributed by atoms with Crippen molar-refractivity contribution in [2.45, 2.75) is 13.0 Å². The summed E-state index contributed by atoms with van der Waals surface area (Å²) in [6, 6.07) is 11.7. The number of non-ortho nitro benzene ring substituents is 1. The maximum absolute atomic E-state index is 10.7. The first-order valence-electron chi connectivity index (χ1n) is 8.97. The molecule has 1 aliphatic rings. The Morgan fingerprint density at radius 2 is 2.04 bits per heavy atom. The lowest BCUT2D eigenvalue weighted by atomic mass is 10.2. The second-order valence-electron chi connectivity index (χ2n) is 6.22. The van der Waals surface area contributed by atoms with E-state index in [1.54, 1.807) is 0 Å². The highest BCUT2D eigenvalue weighted by Crippen LogP contribution is 2.30. The summed E-state index contributed by atoms with van der Waals surface area (Å²) in [4.78, 5) is 12.5. The van der Waals surface area contributed by atoms with Crippen molar-refractivity contribution in [1.82, 2.24) is 0 Å². The van der Waals surface area contributed by atoms with Crippen LogP contribution in [-0.2, 0) is 9.47 Å². The van der Waals surface area contributed by atoms with Crippen molar-refractivity contribution in [2.75, 3.05) is 37.8 Å². The van der Waals surface area contributed by atoms with Gasteiger partial charge < -0.3 is 14.4 Å². The fourth-order valence-corrected chi connectivity index (χ4v) is 2.77. The predicted molar refractivity (Wildman–Crippen MR) is 107 cm³/mol. The predicted octanol–water partition coefficient (Wildman–Crippen LogP) is 4.91. The Morgan fingerprint density at radius 1 is 1.29 bits per heavy atom. The van der Waals surface area contributed by atoms with Gasteiger partial charge in [0.25, 0.3) is 5.69 Å². The van der Waals surface area contributed by atoms with Gasteiger partial charge in [0, 0.05) is 30.9 Å². The topological polar surface area (TPSA) is 92.9 Å². The number of hydrogen-bond donors (Lipinski definition) is 0. The van der Waals surface area contributed by atoms with Crippen LogP contribution < -0.4 is 4.90 Å². The number of rotatable bonds is 10. The zero-order valence-electron chi connectivity index (χ0n) is 15.5. The SMILES string of the molecule is CCN(CCOCC1CO1)c1ccc(N=Nc2ccc([N+](=O)[O-])cc2Cl)cc1. The molecule has 0 bridgehead atoms. The minimum Gasteiger partial charge on any atom is -0.377 e. The summed E-state index contributed by atoms with van der Waals surface area (Å²) in [5.41, 5.74) is 2.03. The first-order valence-corrected chi connectivity index (χ1v) is 9.34. The zero-order chi connectivity index (χ0) is 19.9. The fourth-order valence-electron chi connectivity index (χ4n) is 2.56. The van der Waals surface area contributed by atoms with Crippen molar-refractivity contribution >= 4 is 34.4 Å². The molecule has 1 saturated heterocycles. The summed E-state index contributed by atoms with van der Waals surface area (Å²) in [5, 5.41) is 19.2. The van der Waals surface area contributed by atoms with Crippen molar-refractivity contribution < 1.29 is 14.4 Å². The van der Waals surface area contributed by atoms with Crippen LogP contribution in [0.2, 0.25) is 5.02 Å². The fraction of sp³-hybridized carbons (Fsp3) is 0.368. The molecule has 0 saturated carbocycles. The second kappa shape index (κ2) is 9.59. The number of benzene rings is 2. The molecule has 0 amide bonds. The number of azo groups is 1. The number of nitro groups is 1. The molecule has 1 atom stereocenters. The van der Waals surface area contributed by atoms with E-state index in [1.165, 1.54) is 18.2 Å². The number of ether oxygens (including phenoxy) is 2. The Labute approximate surface area is 167 Å². The van der Waals surface area contributed by atoms with E-state index >= 15 is 0 Å². The molecule has 28 heavy (non-hydrogen) atoms. The van der Waals surface area contributed by atoms with Crippen LogP contribution in [0, 0.1) is 10.1 Å². The molecule has 3 rings (SSSR count). The van der Waals surface area contributed by atoms with Crippen molar-refractivity contribution in [3.05, 3.63) is 57.6 Å².